The molecule has 2 aliphatic rings. The fourth-order valence-corrected chi connectivity index (χ4v) is 3.42. The first-order valence-electron chi connectivity index (χ1n) is 6.65. The van der Waals surface area contributed by atoms with Gasteiger partial charge in [-0.3, -0.25) is 9.59 Å². The van der Waals surface area contributed by atoms with Gasteiger partial charge in [-0.05, 0) is 49.4 Å². The number of nitrogens with one attached hydrogen (secondary N) is 1. The minimum Gasteiger partial charge on any atom is -0.480 e. The lowest BCUT2D eigenvalue weighted by molar-refractivity contribution is -0.153. The molecule has 2 N–H and O–H groups in total. The van der Waals surface area contributed by atoms with Crippen molar-refractivity contribution in [2.24, 2.45) is 11.3 Å². The van der Waals surface area contributed by atoms with Crippen LogP contribution < -0.4 is 5.32 Å². The molecule has 4 nitrogen and oxygen atoms in total. The van der Waals surface area contributed by atoms with E-state index in [9.17, 15) is 9.59 Å². The van der Waals surface area contributed by atoms with Crippen LogP contribution in [0.25, 0.3) is 0 Å². The molecular weight excluding hydrogens is 322 g/mol. The van der Waals surface area contributed by atoms with E-state index in [1.807, 2.05) is 6.07 Å². The van der Waals surface area contributed by atoms with Gasteiger partial charge in [0.15, 0.2) is 0 Å². The highest BCUT2D eigenvalue weighted by atomic mass is 79.9. The predicted molar refractivity (Wildman–Crippen MR) is 77.4 cm³/mol. The smallest absolute Gasteiger partial charge is 0.318 e. The number of aliphatic carboxylic acids is 1. The Labute approximate surface area is 125 Å². The van der Waals surface area contributed by atoms with Crippen molar-refractivity contribution in [2.75, 3.05) is 0 Å². The minimum atomic E-state index is -1.38. The molecule has 106 valence electrons. The van der Waals surface area contributed by atoms with Crippen LogP contribution in [0, 0.1) is 11.3 Å². The lowest BCUT2D eigenvalue weighted by atomic mass is 9.92. The zero-order valence-corrected chi connectivity index (χ0v) is 12.9. The van der Waals surface area contributed by atoms with E-state index in [0.29, 0.717) is 11.8 Å². The van der Waals surface area contributed by atoms with E-state index in [0.717, 1.165) is 10.9 Å². The second kappa shape index (κ2) is 4.32. The Morgan fingerprint density at radius 3 is 2.75 bits per heavy atom. The molecule has 20 heavy (non-hydrogen) atoms. The Hall–Kier alpha value is -1.36. The number of rotatable bonds is 3. The maximum atomic E-state index is 12.1. The highest BCUT2D eigenvalue weighted by Gasteiger charge is 2.57. The summed E-state index contributed by atoms with van der Waals surface area (Å²) in [6, 6.07) is 6.33. The van der Waals surface area contributed by atoms with Crippen molar-refractivity contribution in [2.45, 2.75) is 32.2 Å². The average molecular weight is 338 g/mol. The van der Waals surface area contributed by atoms with Crippen molar-refractivity contribution in [3.8, 4) is 0 Å². The number of amides is 1. The summed E-state index contributed by atoms with van der Waals surface area (Å²) in [7, 11) is 0. The van der Waals surface area contributed by atoms with E-state index < -0.39 is 17.3 Å². The van der Waals surface area contributed by atoms with Gasteiger partial charge in [0.1, 0.15) is 5.41 Å². The second-order valence-corrected chi connectivity index (χ2v) is 7.08. The molecule has 0 aromatic heterocycles. The lowest BCUT2D eigenvalue weighted by Gasteiger charge is -2.19. The molecule has 0 spiro atoms. The molecule has 2 aliphatic carbocycles. The summed E-state index contributed by atoms with van der Waals surface area (Å²) < 4.78 is 1.07. The molecule has 0 radical (unpaired) electrons. The molecule has 0 bridgehead atoms. The first-order chi connectivity index (χ1) is 9.32. The Bertz CT molecular complexity index is 611. The van der Waals surface area contributed by atoms with Gasteiger partial charge in [0.25, 0.3) is 0 Å². The molecule has 0 heterocycles. The minimum absolute atomic E-state index is 0.0924. The maximum absolute atomic E-state index is 12.1. The van der Waals surface area contributed by atoms with Gasteiger partial charge < -0.3 is 10.4 Å². The number of benzene rings is 1. The van der Waals surface area contributed by atoms with Crippen LogP contribution in [0.2, 0.25) is 0 Å². The fraction of sp³-hybridized carbons (Fsp3) is 0.467. The van der Waals surface area contributed by atoms with Gasteiger partial charge in [-0.15, -0.1) is 0 Å². The number of halogens is 1. The maximum Gasteiger partial charge on any atom is 0.318 e. The van der Waals surface area contributed by atoms with E-state index in [4.69, 9.17) is 5.11 Å². The molecule has 1 aromatic rings. The second-order valence-electron chi connectivity index (χ2n) is 6.17. The molecule has 1 amide bonds. The number of carboxylic acid groups (broad SMARTS) is 1. The number of carboxylic acids is 1. The predicted octanol–water partition coefficient (Wildman–Crippen LogP) is 2.31. The highest BCUT2D eigenvalue weighted by molar-refractivity contribution is 9.10. The summed E-state index contributed by atoms with van der Waals surface area (Å²) in [4.78, 5) is 23.1. The molecule has 1 saturated carbocycles. The van der Waals surface area contributed by atoms with Crippen LogP contribution in [0.1, 0.15) is 30.9 Å². The largest absolute Gasteiger partial charge is 0.480 e. The van der Waals surface area contributed by atoms with Crippen LogP contribution in [0.15, 0.2) is 22.7 Å². The van der Waals surface area contributed by atoms with Crippen LogP contribution in [-0.2, 0) is 16.0 Å². The van der Waals surface area contributed by atoms with Gasteiger partial charge >= 0.3 is 5.97 Å². The van der Waals surface area contributed by atoms with Crippen molar-refractivity contribution >= 4 is 27.8 Å². The first-order valence-corrected chi connectivity index (χ1v) is 7.44. The van der Waals surface area contributed by atoms with Gasteiger partial charge in [-0.2, -0.15) is 0 Å². The number of carbonyl (C=O) groups excluding carboxylic acids is 1. The third-order valence-electron chi connectivity index (χ3n) is 4.49. The first kappa shape index (κ1) is 13.6. The van der Waals surface area contributed by atoms with Gasteiger partial charge in [0, 0.05) is 16.4 Å². The lowest BCUT2D eigenvalue weighted by Crippen LogP contribution is -2.44. The number of hydrogen-bond acceptors (Lipinski definition) is 2. The monoisotopic (exact) mass is 337 g/mol. The van der Waals surface area contributed by atoms with Crippen LogP contribution in [0.5, 0.6) is 0 Å². The third kappa shape index (κ3) is 1.95. The molecule has 1 fully saturated rings. The topological polar surface area (TPSA) is 66.4 Å². The van der Waals surface area contributed by atoms with E-state index in [1.165, 1.54) is 25.0 Å². The summed E-state index contributed by atoms with van der Waals surface area (Å²) in [6.07, 6.45) is 0.956. The Balaban J connectivity index is 1.71. The van der Waals surface area contributed by atoms with Crippen molar-refractivity contribution in [1.29, 1.82) is 0 Å². The summed E-state index contributed by atoms with van der Waals surface area (Å²) in [6.45, 7) is 2.88. The normalized spacial score (nSPS) is 26.6. The average Bonchev–Trinajstić information content (AvgIpc) is 2.88. The van der Waals surface area contributed by atoms with Crippen LogP contribution in [0.3, 0.4) is 0 Å². The van der Waals surface area contributed by atoms with Crippen molar-refractivity contribution in [3.05, 3.63) is 33.8 Å². The molecule has 0 saturated heterocycles. The SMILES string of the molecule is CC(C)(C(=O)O)C(=O)N[C@@H]1[C@H]2Cc3cc(Br)ccc3[C@H]21. The quantitative estimate of drug-likeness (QED) is 0.832. The number of hydrogen-bond donors (Lipinski definition) is 2. The fourth-order valence-electron chi connectivity index (χ4n) is 3.01. The molecule has 3 atom stereocenters. The summed E-state index contributed by atoms with van der Waals surface area (Å²) >= 11 is 3.46. The Morgan fingerprint density at radius 1 is 1.40 bits per heavy atom. The Kier molecular flexibility index (Phi) is 2.94. The molecule has 1 aromatic carbocycles. The zero-order valence-electron chi connectivity index (χ0n) is 11.3. The van der Waals surface area contributed by atoms with Gasteiger partial charge in [0.05, 0.1) is 0 Å². The van der Waals surface area contributed by atoms with E-state index >= 15 is 0 Å². The Morgan fingerprint density at radius 2 is 2.10 bits per heavy atom. The van der Waals surface area contributed by atoms with Crippen LogP contribution in [0.4, 0.5) is 0 Å². The van der Waals surface area contributed by atoms with E-state index in [-0.39, 0.29) is 6.04 Å². The van der Waals surface area contributed by atoms with E-state index in [1.54, 1.807) is 0 Å². The third-order valence-corrected chi connectivity index (χ3v) is 4.98. The van der Waals surface area contributed by atoms with E-state index in [2.05, 4.69) is 33.4 Å². The summed E-state index contributed by atoms with van der Waals surface area (Å²) in [5.74, 6) is -0.715. The highest BCUT2D eigenvalue weighted by Crippen LogP contribution is 2.56. The molecule has 3 rings (SSSR count). The number of fused-ring (bicyclic) bond motifs is 3. The van der Waals surface area contributed by atoms with Crippen molar-refractivity contribution in [3.63, 3.8) is 0 Å². The van der Waals surface area contributed by atoms with Gasteiger partial charge in [-0.1, -0.05) is 22.0 Å². The molecule has 0 aliphatic heterocycles. The van der Waals surface area contributed by atoms with Crippen molar-refractivity contribution < 1.29 is 14.7 Å². The van der Waals surface area contributed by atoms with Gasteiger partial charge in [0.2, 0.25) is 5.91 Å². The number of carbonyl (C=O) groups is 2. The molecule has 5 heteroatoms. The van der Waals surface area contributed by atoms with Gasteiger partial charge in [-0.25, -0.2) is 0 Å². The van der Waals surface area contributed by atoms with Crippen LogP contribution >= 0.6 is 15.9 Å². The summed E-state index contributed by atoms with van der Waals surface area (Å²) in [5.41, 5.74) is 1.24. The van der Waals surface area contributed by atoms with Crippen molar-refractivity contribution in [1.82, 2.24) is 5.32 Å². The summed E-state index contributed by atoms with van der Waals surface area (Å²) in [5, 5.41) is 12.0. The van der Waals surface area contributed by atoms with Crippen LogP contribution in [-0.4, -0.2) is 23.0 Å². The standard InChI is InChI=1S/C15H16BrNO3/c1-15(2,14(19)20)13(18)17-12-10-6-7-5-8(16)3-4-9(7)11(10)12/h3-5,10-12H,6H2,1-2H3,(H,17,18)(H,19,20)/t10-,11+,12+/m0/s1. The zero-order chi connectivity index (χ0) is 14.7. The molecule has 0 unspecified atom stereocenters. The molecular formula is C15H16BrNO3.